The highest BCUT2D eigenvalue weighted by Gasteiger charge is 2.20. The molecule has 0 spiro atoms. The first-order chi connectivity index (χ1) is 8.93. The lowest BCUT2D eigenvalue weighted by Gasteiger charge is -2.24. The third-order valence-corrected chi connectivity index (χ3v) is 3.89. The molecule has 1 aromatic rings. The van der Waals surface area contributed by atoms with Crippen molar-refractivity contribution >= 4 is 0 Å². The van der Waals surface area contributed by atoms with Crippen LogP contribution in [-0.4, -0.2) is 28.3 Å². The third kappa shape index (κ3) is 2.67. The summed E-state index contributed by atoms with van der Waals surface area (Å²) in [5, 5.41) is 15.6. The zero-order valence-corrected chi connectivity index (χ0v) is 10.7. The van der Waals surface area contributed by atoms with Gasteiger partial charge in [0, 0.05) is 0 Å². The second kappa shape index (κ2) is 5.71. The van der Waals surface area contributed by atoms with E-state index in [-0.39, 0.29) is 0 Å². The van der Waals surface area contributed by atoms with Crippen molar-refractivity contribution in [2.24, 2.45) is 0 Å². The molecular formula is C13H21N5. The number of hydrogen-bond donors (Lipinski definition) is 2. The molecular weight excluding hydrogens is 226 g/mol. The van der Waals surface area contributed by atoms with Gasteiger partial charge in [0.2, 0.25) is 0 Å². The number of nitrogens with zero attached hydrogens (tertiary/aromatic N) is 3. The minimum absolute atomic E-state index is 0.305. The van der Waals surface area contributed by atoms with Crippen LogP contribution in [0.2, 0.25) is 0 Å². The highest BCUT2D eigenvalue weighted by molar-refractivity contribution is 5.04. The Morgan fingerprint density at radius 3 is 2.17 bits per heavy atom. The number of nitrogens with one attached hydrogen (secondary N) is 2. The Morgan fingerprint density at radius 1 is 0.889 bits per heavy atom. The smallest absolute Gasteiger partial charge is 0.167 e. The molecule has 0 aliphatic carbocycles. The Hall–Kier alpha value is -1.07. The van der Waals surface area contributed by atoms with Gasteiger partial charge in [-0.05, 0) is 38.8 Å². The van der Waals surface area contributed by atoms with Gasteiger partial charge in [-0.15, -0.1) is 5.10 Å². The van der Waals surface area contributed by atoms with E-state index in [1.165, 1.54) is 25.7 Å². The molecule has 2 unspecified atom stereocenters. The van der Waals surface area contributed by atoms with Gasteiger partial charge >= 0.3 is 0 Å². The average molecular weight is 247 g/mol. The Morgan fingerprint density at radius 2 is 1.61 bits per heavy atom. The van der Waals surface area contributed by atoms with Gasteiger partial charge in [-0.3, -0.25) is 0 Å². The SMILES string of the molecule is c1nc(C2CCCCN2)nnc1C1CCCCN1. The summed E-state index contributed by atoms with van der Waals surface area (Å²) >= 11 is 0. The molecule has 0 saturated carbocycles. The van der Waals surface area contributed by atoms with E-state index in [4.69, 9.17) is 0 Å². The van der Waals surface area contributed by atoms with Gasteiger partial charge in [0.25, 0.3) is 0 Å². The van der Waals surface area contributed by atoms with Crippen LogP contribution in [0.25, 0.3) is 0 Å². The summed E-state index contributed by atoms with van der Waals surface area (Å²) in [6, 6.07) is 0.659. The third-order valence-electron chi connectivity index (χ3n) is 3.89. The van der Waals surface area contributed by atoms with Crippen LogP contribution in [-0.2, 0) is 0 Å². The van der Waals surface area contributed by atoms with Gasteiger partial charge in [0.1, 0.15) is 0 Å². The van der Waals surface area contributed by atoms with Crippen LogP contribution in [0.15, 0.2) is 6.20 Å². The summed E-state index contributed by atoms with van der Waals surface area (Å²) in [5.74, 6) is 0.856. The molecule has 2 N–H and O–H groups in total. The van der Waals surface area contributed by atoms with Crippen LogP contribution < -0.4 is 10.6 Å². The molecule has 3 rings (SSSR count). The molecule has 2 saturated heterocycles. The Kier molecular flexibility index (Phi) is 3.81. The van der Waals surface area contributed by atoms with Crippen LogP contribution in [0.3, 0.4) is 0 Å². The van der Waals surface area contributed by atoms with Crippen molar-refractivity contribution in [2.75, 3.05) is 13.1 Å². The molecule has 2 aliphatic heterocycles. The van der Waals surface area contributed by atoms with Crippen molar-refractivity contribution in [1.29, 1.82) is 0 Å². The molecule has 3 heterocycles. The van der Waals surface area contributed by atoms with Gasteiger partial charge in [-0.25, -0.2) is 4.98 Å². The largest absolute Gasteiger partial charge is 0.309 e. The highest BCUT2D eigenvalue weighted by Crippen LogP contribution is 2.22. The van der Waals surface area contributed by atoms with Gasteiger partial charge in [-0.2, -0.15) is 5.10 Å². The molecule has 1 aromatic heterocycles. The van der Waals surface area contributed by atoms with Gasteiger partial charge in [-0.1, -0.05) is 12.8 Å². The molecule has 5 heteroatoms. The van der Waals surface area contributed by atoms with Crippen molar-refractivity contribution in [3.63, 3.8) is 0 Å². The standard InChI is InChI=1S/C13H21N5/c1-3-7-14-10(5-1)12-9-16-13(18-17-12)11-6-2-4-8-15-11/h9-11,14-15H,1-8H2. The second-order valence-electron chi connectivity index (χ2n) is 5.25. The fourth-order valence-electron chi connectivity index (χ4n) is 2.79. The first-order valence-electron chi connectivity index (χ1n) is 7.10. The zero-order chi connectivity index (χ0) is 12.2. The van der Waals surface area contributed by atoms with Gasteiger partial charge in [0.05, 0.1) is 24.0 Å². The molecule has 5 nitrogen and oxygen atoms in total. The van der Waals surface area contributed by atoms with Crippen molar-refractivity contribution in [1.82, 2.24) is 25.8 Å². The Balaban J connectivity index is 1.67. The lowest BCUT2D eigenvalue weighted by atomic mass is 10.0. The van der Waals surface area contributed by atoms with Crippen LogP contribution in [0, 0.1) is 0 Å². The van der Waals surface area contributed by atoms with Crippen molar-refractivity contribution in [2.45, 2.75) is 50.6 Å². The first-order valence-corrected chi connectivity index (χ1v) is 7.10. The molecule has 0 aromatic carbocycles. The maximum absolute atomic E-state index is 4.50. The van der Waals surface area contributed by atoms with E-state index >= 15 is 0 Å². The van der Waals surface area contributed by atoms with E-state index in [0.29, 0.717) is 12.1 Å². The molecule has 98 valence electrons. The number of hydrogen-bond acceptors (Lipinski definition) is 5. The summed E-state index contributed by atoms with van der Waals surface area (Å²) in [6.07, 6.45) is 9.23. The van der Waals surface area contributed by atoms with Gasteiger partial charge in [0.15, 0.2) is 5.82 Å². The van der Waals surface area contributed by atoms with Crippen LogP contribution in [0.4, 0.5) is 0 Å². The predicted octanol–water partition coefficient (Wildman–Crippen LogP) is 1.50. The van der Waals surface area contributed by atoms with E-state index in [2.05, 4.69) is 25.8 Å². The van der Waals surface area contributed by atoms with Crippen molar-refractivity contribution in [3.8, 4) is 0 Å². The minimum atomic E-state index is 0.305. The fourth-order valence-corrected chi connectivity index (χ4v) is 2.79. The van der Waals surface area contributed by atoms with Crippen molar-refractivity contribution in [3.05, 3.63) is 17.7 Å². The molecule has 2 aliphatic rings. The first kappa shape index (κ1) is 12.0. The van der Waals surface area contributed by atoms with Gasteiger partial charge < -0.3 is 10.6 Å². The monoisotopic (exact) mass is 247 g/mol. The minimum Gasteiger partial charge on any atom is -0.309 e. The average Bonchev–Trinajstić information content (AvgIpc) is 2.49. The number of rotatable bonds is 2. The molecule has 2 atom stereocenters. The lowest BCUT2D eigenvalue weighted by Crippen LogP contribution is -2.30. The summed E-state index contributed by atoms with van der Waals surface area (Å²) < 4.78 is 0. The zero-order valence-electron chi connectivity index (χ0n) is 10.7. The topological polar surface area (TPSA) is 62.7 Å². The summed E-state index contributed by atoms with van der Waals surface area (Å²) in [5.41, 5.74) is 0.995. The Bertz CT molecular complexity index is 328. The van der Waals surface area contributed by atoms with Crippen LogP contribution >= 0.6 is 0 Å². The van der Waals surface area contributed by atoms with Crippen LogP contribution in [0.5, 0.6) is 0 Å². The predicted molar refractivity (Wildman–Crippen MR) is 69.0 cm³/mol. The van der Waals surface area contributed by atoms with E-state index in [1.807, 2.05) is 6.20 Å². The normalized spacial score (nSPS) is 29.1. The number of aromatic nitrogens is 3. The summed E-state index contributed by atoms with van der Waals surface area (Å²) in [7, 11) is 0. The molecule has 0 amide bonds. The molecule has 0 radical (unpaired) electrons. The maximum Gasteiger partial charge on any atom is 0.167 e. The lowest BCUT2D eigenvalue weighted by molar-refractivity contribution is 0.383. The molecule has 2 fully saturated rings. The van der Waals surface area contributed by atoms with E-state index < -0.39 is 0 Å². The molecule has 18 heavy (non-hydrogen) atoms. The summed E-state index contributed by atoms with van der Waals surface area (Å²) in [6.45, 7) is 2.15. The maximum atomic E-state index is 4.50. The van der Waals surface area contributed by atoms with E-state index in [1.54, 1.807) is 0 Å². The van der Waals surface area contributed by atoms with E-state index in [9.17, 15) is 0 Å². The fraction of sp³-hybridized carbons (Fsp3) is 0.769. The highest BCUT2D eigenvalue weighted by atomic mass is 15.2. The Labute approximate surface area is 108 Å². The van der Waals surface area contributed by atoms with E-state index in [0.717, 1.165) is 37.4 Å². The summed E-state index contributed by atoms with van der Waals surface area (Å²) in [4.78, 5) is 4.50. The molecule has 0 bridgehead atoms. The van der Waals surface area contributed by atoms with Crippen LogP contribution in [0.1, 0.15) is 62.1 Å². The number of piperidine rings is 2. The quantitative estimate of drug-likeness (QED) is 0.829. The van der Waals surface area contributed by atoms with Crippen molar-refractivity contribution < 1.29 is 0 Å². The second-order valence-corrected chi connectivity index (χ2v) is 5.25.